The molecule has 0 radical (unpaired) electrons. The second-order valence-electron chi connectivity index (χ2n) is 7.09. The average Bonchev–Trinajstić information content (AvgIpc) is 2.73. The normalized spacial score (nSPS) is 15.6. The Bertz CT molecular complexity index is 951. The lowest BCUT2D eigenvalue weighted by Crippen LogP contribution is -2.42. The third-order valence-electron chi connectivity index (χ3n) is 4.95. The second kappa shape index (κ2) is 9.19. The van der Waals surface area contributed by atoms with Crippen LogP contribution in [0.4, 0.5) is 5.69 Å². The molecule has 0 atom stereocenters. The highest BCUT2D eigenvalue weighted by Crippen LogP contribution is 2.25. The van der Waals surface area contributed by atoms with Crippen LogP contribution in [0.5, 0.6) is 0 Å². The Morgan fingerprint density at radius 1 is 1.00 bits per heavy atom. The summed E-state index contributed by atoms with van der Waals surface area (Å²) >= 11 is 0. The molecule has 1 saturated heterocycles. The molecule has 1 aliphatic rings. The summed E-state index contributed by atoms with van der Waals surface area (Å²) in [5, 5.41) is 5.55. The molecule has 0 aliphatic carbocycles. The average molecular weight is 416 g/mol. The Kier molecular flexibility index (Phi) is 6.66. The molecule has 1 fully saturated rings. The maximum Gasteiger partial charge on any atom is 0.243 e. The van der Waals surface area contributed by atoms with E-state index in [-0.39, 0.29) is 22.6 Å². The molecule has 2 N–H and O–H groups in total. The number of amides is 2. The number of piperidine rings is 1. The minimum absolute atomic E-state index is 0.0365. The van der Waals surface area contributed by atoms with Gasteiger partial charge in [-0.25, -0.2) is 8.42 Å². The van der Waals surface area contributed by atoms with E-state index in [0.717, 1.165) is 5.56 Å². The van der Waals surface area contributed by atoms with Crippen molar-refractivity contribution < 1.29 is 18.0 Å². The van der Waals surface area contributed by atoms with Crippen LogP contribution < -0.4 is 10.6 Å². The summed E-state index contributed by atoms with van der Waals surface area (Å²) in [4.78, 5) is 23.7. The van der Waals surface area contributed by atoms with Crippen molar-refractivity contribution in [3.8, 4) is 0 Å². The molecule has 2 aromatic carbocycles. The Balaban J connectivity index is 1.55. The summed E-state index contributed by atoms with van der Waals surface area (Å²) in [7, 11) is -3.62. The molecule has 0 bridgehead atoms. The number of anilines is 1. The van der Waals surface area contributed by atoms with Crippen LogP contribution in [-0.2, 0) is 26.2 Å². The largest absolute Gasteiger partial charge is 0.352 e. The lowest BCUT2D eigenvalue weighted by atomic mass is 9.97. The van der Waals surface area contributed by atoms with Crippen LogP contribution in [-0.4, -0.2) is 37.6 Å². The first-order valence-electron chi connectivity index (χ1n) is 9.56. The number of hydrogen-bond donors (Lipinski definition) is 2. The smallest absolute Gasteiger partial charge is 0.243 e. The van der Waals surface area contributed by atoms with Gasteiger partial charge in [-0.1, -0.05) is 30.3 Å². The molecule has 0 aromatic heterocycles. The van der Waals surface area contributed by atoms with Crippen LogP contribution in [0, 0.1) is 5.92 Å². The van der Waals surface area contributed by atoms with E-state index in [9.17, 15) is 18.0 Å². The summed E-state index contributed by atoms with van der Waals surface area (Å²) < 4.78 is 27.1. The van der Waals surface area contributed by atoms with Gasteiger partial charge in [-0.15, -0.1) is 0 Å². The molecule has 7 nitrogen and oxygen atoms in total. The van der Waals surface area contributed by atoms with Gasteiger partial charge >= 0.3 is 0 Å². The van der Waals surface area contributed by atoms with Crippen LogP contribution >= 0.6 is 0 Å². The van der Waals surface area contributed by atoms with Gasteiger partial charge in [0.15, 0.2) is 0 Å². The zero-order valence-electron chi connectivity index (χ0n) is 16.3. The van der Waals surface area contributed by atoms with Crippen molar-refractivity contribution in [2.45, 2.75) is 31.2 Å². The van der Waals surface area contributed by atoms with E-state index >= 15 is 0 Å². The number of hydrogen-bond acceptors (Lipinski definition) is 4. The summed E-state index contributed by atoms with van der Waals surface area (Å²) in [5.41, 5.74) is 1.58. The van der Waals surface area contributed by atoms with Crippen LogP contribution in [0.2, 0.25) is 0 Å². The predicted octanol–water partition coefficient (Wildman–Crippen LogP) is 2.36. The summed E-state index contributed by atoms with van der Waals surface area (Å²) in [5.74, 6) is -0.439. The molecule has 154 valence electrons. The second-order valence-corrected chi connectivity index (χ2v) is 9.03. The highest BCUT2D eigenvalue weighted by Gasteiger charge is 2.32. The maximum absolute atomic E-state index is 12.8. The molecule has 1 heterocycles. The quantitative estimate of drug-likeness (QED) is 0.757. The van der Waals surface area contributed by atoms with E-state index in [1.165, 1.54) is 23.4 Å². The number of carbonyl (C=O) groups is 2. The fraction of sp³-hybridized carbons (Fsp3) is 0.333. The van der Waals surface area contributed by atoms with E-state index in [2.05, 4.69) is 10.6 Å². The minimum atomic E-state index is -3.62. The van der Waals surface area contributed by atoms with Gasteiger partial charge in [-0.2, -0.15) is 4.31 Å². The zero-order valence-corrected chi connectivity index (χ0v) is 17.1. The summed E-state index contributed by atoms with van der Waals surface area (Å²) in [6, 6.07) is 15.8. The van der Waals surface area contributed by atoms with E-state index in [1.807, 2.05) is 30.3 Å². The maximum atomic E-state index is 12.8. The standard InChI is InChI=1S/C21H25N3O4S/c1-16(25)23-19-7-9-20(10-8-19)29(27,28)24-13-11-18(12-14-24)21(26)22-15-17-5-3-2-4-6-17/h2-10,18H,11-15H2,1H3,(H,22,26)(H,23,25). The van der Waals surface area contributed by atoms with Gasteiger partial charge < -0.3 is 10.6 Å². The van der Waals surface area contributed by atoms with Crippen molar-refractivity contribution in [2.75, 3.05) is 18.4 Å². The molecular weight excluding hydrogens is 390 g/mol. The Hall–Kier alpha value is -2.71. The van der Waals surface area contributed by atoms with Gasteiger partial charge in [0, 0.05) is 38.2 Å². The van der Waals surface area contributed by atoms with Crippen molar-refractivity contribution in [1.82, 2.24) is 9.62 Å². The van der Waals surface area contributed by atoms with E-state index in [1.54, 1.807) is 12.1 Å². The van der Waals surface area contributed by atoms with Crippen molar-refractivity contribution in [2.24, 2.45) is 5.92 Å². The first kappa shape index (κ1) is 21.0. The van der Waals surface area contributed by atoms with Gasteiger partial charge in [0.1, 0.15) is 0 Å². The monoisotopic (exact) mass is 415 g/mol. The molecule has 1 aliphatic heterocycles. The Morgan fingerprint density at radius 3 is 2.21 bits per heavy atom. The molecule has 0 spiro atoms. The summed E-state index contributed by atoms with van der Waals surface area (Å²) in [6.07, 6.45) is 0.980. The van der Waals surface area contributed by atoms with Crippen LogP contribution in [0.3, 0.4) is 0 Å². The van der Waals surface area contributed by atoms with Crippen molar-refractivity contribution >= 4 is 27.5 Å². The highest BCUT2D eigenvalue weighted by atomic mass is 32.2. The van der Waals surface area contributed by atoms with Crippen molar-refractivity contribution in [1.29, 1.82) is 0 Å². The van der Waals surface area contributed by atoms with Crippen molar-refractivity contribution in [3.05, 3.63) is 60.2 Å². The SMILES string of the molecule is CC(=O)Nc1ccc(S(=O)(=O)N2CCC(C(=O)NCc3ccccc3)CC2)cc1. The first-order valence-corrected chi connectivity index (χ1v) is 11.0. The number of nitrogens with zero attached hydrogens (tertiary/aromatic N) is 1. The predicted molar refractivity (Wildman–Crippen MR) is 111 cm³/mol. The van der Waals surface area contributed by atoms with Crippen LogP contribution in [0.1, 0.15) is 25.3 Å². The van der Waals surface area contributed by atoms with Gasteiger partial charge in [0.05, 0.1) is 4.90 Å². The van der Waals surface area contributed by atoms with Gasteiger partial charge in [-0.3, -0.25) is 9.59 Å². The fourth-order valence-electron chi connectivity index (χ4n) is 3.35. The lowest BCUT2D eigenvalue weighted by Gasteiger charge is -2.30. The van der Waals surface area contributed by atoms with Gasteiger partial charge in [-0.05, 0) is 42.7 Å². The molecular formula is C21H25N3O4S. The van der Waals surface area contributed by atoms with Gasteiger partial charge in [0.2, 0.25) is 21.8 Å². The molecule has 0 saturated carbocycles. The van der Waals surface area contributed by atoms with E-state index in [0.29, 0.717) is 38.2 Å². The van der Waals surface area contributed by atoms with Crippen LogP contribution in [0.15, 0.2) is 59.5 Å². The Morgan fingerprint density at radius 2 is 1.62 bits per heavy atom. The molecule has 8 heteroatoms. The first-order chi connectivity index (χ1) is 13.9. The minimum Gasteiger partial charge on any atom is -0.352 e. The Labute approximate surface area is 171 Å². The lowest BCUT2D eigenvalue weighted by molar-refractivity contribution is -0.126. The zero-order chi connectivity index (χ0) is 20.9. The highest BCUT2D eigenvalue weighted by molar-refractivity contribution is 7.89. The third kappa shape index (κ3) is 5.42. The molecule has 0 unspecified atom stereocenters. The van der Waals surface area contributed by atoms with Gasteiger partial charge in [0.25, 0.3) is 0 Å². The number of carbonyl (C=O) groups excluding carboxylic acids is 2. The molecule has 3 rings (SSSR count). The number of benzene rings is 2. The summed E-state index contributed by atoms with van der Waals surface area (Å²) in [6.45, 7) is 2.47. The third-order valence-corrected chi connectivity index (χ3v) is 6.86. The van der Waals surface area contributed by atoms with E-state index < -0.39 is 10.0 Å². The molecule has 29 heavy (non-hydrogen) atoms. The topological polar surface area (TPSA) is 95.6 Å². The number of nitrogens with one attached hydrogen (secondary N) is 2. The number of sulfonamides is 1. The van der Waals surface area contributed by atoms with Crippen LogP contribution in [0.25, 0.3) is 0 Å². The fourth-order valence-corrected chi connectivity index (χ4v) is 4.82. The molecule has 2 amide bonds. The molecule has 2 aromatic rings. The van der Waals surface area contributed by atoms with E-state index in [4.69, 9.17) is 0 Å². The number of rotatable bonds is 6. The van der Waals surface area contributed by atoms with Crippen molar-refractivity contribution in [3.63, 3.8) is 0 Å².